The van der Waals surface area contributed by atoms with Crippen LogP contribution < -0.4 is 10.8 Å². The highest BCUT2D eigenvalue weighted by atomic mass is 79.9. The fourth-order valence-electron chi connectivity index (χ4n) is 4.24. The molecule has 8 nitrogen and oxygen atoms in total. The zero-order valence-electron chi connectivity index (χ0n) is 18.3. The van der Waals surface area contributed by atoms with Crippen molar-refractivity contribution in [3.05, 3.63) is 76.8 Å². The number of nitrogens with zero attached hydrogens (tertiary/aromatic N) is 5. The van der Waals surface area contributed by atoms with E-state index < -0.39 is 10.0 Å². The van der Waals surface area contributed by atoms with Crippen molar-refractivity contribution in [2.24, 2.45) is 0 Å². The van der Waals surface area contributed by atoms with Crippen molar-refractivity contribution in [2.45, 2.75) is 30.2 Å². The molecule has 1 aliphatic heterocycles. The summed E-state index contributed by atoms with van der Waals surface area (Å²) in [6.45, 7) is 1.37. The number of sulfonamides is 1. The molecular formula is C23H22BBrN6O2S. The standard InChI is InChI=1S/C23H22BBrN6O2S/c24-18-7-1-2-8-21(18)34(32,33)30-10-4-6-17(15-30)20-11-22(27-13-16-5-3-9-26-12-16)31-23(29-20)19(25)14-28-31/h1-3,5,7-9,11-12,14,17,27H,4,6,10,13,15H2. The second-order valence-electron chi connectivity index (χ2n) is 8.25. The normalized spacial score (nSPS) is 17.1. The van der Waals surface area contributed by atoms with Crippen LogP contribution in [0, 0.1) is 0 Å². The van der Waals surface area contributed by atoms with E-state index in [2.05, 4.69) is 31.3 Å². The number of anilines is 1. The number of pyridine rings is 1. The number of hydrogen-bond acceptors (Lipinski definition) is 6. The molecule has 172 valence electrons. The highest BCUT2D eigenvalue weighted by Gasteiger charge is 2.32. The molecule has 0 saturated carbocycles. The third-order valence-corrected chi connectivity index (χ3v) is 8.48. The van der Waals surface area contributed by atoms with Crippen molar-refractivity contribution in [3.8, 4) is 0 Å². The SMILES string of the molecule is [B]c1ccccc1S(=O)(=O)N1CCCC(c2cc(NCc3cccnc3)n3ncc(Br)c3n2)C1. The third kappa shape index (κ3) is 4.47. The highest BCUT2D eigenvalue weighted by molar-refractivity contribution is 9.10. The summed E-state index contributed by atoms with van der Waals surface area (Å²) in [5, 5.41) is 7.85. The molecule has 4 heterocycles. The number of rotatable bonds is 6. The maximum absolute atomic E-state index is 13.3. The molecule has 3 aromatic heterocycles. The molecule has 0 amide bonds. The van der Waals surface area contributed by atoms with Gasteiger partial charge in [0, 0.05) is 44.0 Å². The molecule has 1 unspecified atom stereocenters. The zero-order chi connectivity index (χ0) is 23.7. The van der Waals surface area contributed by atoms with Crippen LogP contribution in [0.4, 0.5) is 5.82 Å². The summed E-state index contributed by atoms with van der Waals surface area (Å²) in [6, 6.07) is 12.4. The van der Waals surface area contributed by atoms with E-state index in [0.717, 1.165) is 34.4 Å². The summed E-state index contributed by atoms with van der Waals surface area (Å²) < 4.78 is 30.7. The summed E-state index contributed by atoms with van der Waals surface area (Å²) in [5.74, 6) is 0.723. The van der Waals surface area contributed by atoms with Crippen LogP contribution in [-0.4, -0.2) is 53.2 Å². The monoisotopic (exact) mass is 536 g/mol. The van der Waals surface area contributed by atoms with Crippen molar-refractivity contribution in [1.29, 1.82) is 0 Å². The molecular weight excluding hydrogens is 515 g/mol. The molecule has 4 aromatic rings. The van der Waals surface area contributed by atoms with E-state index in [-0.39, 0.29) is 16.3 Å². The Bertz CT molecular complexity index is 1430. The first-order chi connectivity index (χ1) is 16.4. The van der Waals surface area contributed by atoms with Gasteiger partial charge >= 0.3 is 0 Å². The van der Waals surface area contributed by atoms with E-state index in [4.69, 9.17) is 12.8 Å². The average Bonchev–Trinajstić information content (AvgIpc) is 3.24. The van der Waals surface area contributed by atoms with E-state index >= 15 is 0 Å². The second-order valence-corrected chi connectivity index (χ2v) is 11.0. The predicted molar refractivity (Wildman–Crippen MR) is 135 cm³/mol. The quantitative estimate of drug-likeness (QED) is 0.381. The van der Waals surface area contributed by atoms with Gasteiger partial charge in [0.1, 0.15) is 13.7 Å². The van der Waals surface area contributed by atoms with Gasteiger partial charge < -0.3 is 5.32 Å². The van der Waals surface area contributed by atoms with Gasteiger partial charge in [0.15, 0.2) is 5.65 Å². The lowest BCUT2D eigenvalue weighted by Crippen LogP contribution is -2.40. The van der Waals surface area contributed by atoms with E-state index in [1.807, 2.05) is 24.4 Å². The van der Waals surface area contributed by atoms with Crippen LogP contribution in [0.3, 0.4) is 0 Å². The molecule has 34 heavy (non-hydrogen) atoms. The number of halogens is 1. The van der Waals surface area contributed by atoms with E-state index in [9.17, 15) is 8.42 Å². The lowest BCUT2D eigenvalue weighted by atomic mass is 9.96. The highest BCUT2D eigenvalue weighted by Crippen LogP contribution is 2.32. The Labute approximate surface area is 208 Å². The smallest absolute Gasteiger partial charge is 0.242 e. The molecule has 0 bridgehead atoms. The maximum Gasteiger partial charge on any atom is 0.242 e. The topological polar surface area (TPSA) is 92.5 Å². The summed E-state index contributed by atoms with van der Waals surface area (Å²) in [6.07, 6.45) is 6.83. The number of nitrogens with one attached hydrogen (secondary N) is 1. The Hall–Kier alpha value is -2.76. The van der Waals surface area contributed by atoms with Crippen molar-refractivity contribution in [3.63, 3.8) is 0 Å². The molecule has 0 aliphatic carbocycles. The Morgan fingerprint density at radius 3 is 2.82 bits per heavy atom. The van der Waals surface area contributed by atoms with Crippen molar-refractivity contribution < 1.29 is 8.42 Å². The number of aromatic nitrogens is 4. The van der Waals surface area contributed by atoms with Gasteiger partial charge in [0.25, 0.3) is 0 Å². The van der Waals surface area contributed by atoms with E-state index in [1.54, 1.807) is 41.2 Å². The number of benzene rings is 1. The van der Waals surface area contributed by atoms with Gasteiger partial charge in [-0.1, -0.05) is 29.7 Å². The summed E-state index contributed by atoms with van der Waals surface area (Å²) in [4.78, 5) is 9.15. The van der Waals surface area contributed by atoms with Crippen molar-refractivity contribution in [2.75, 3.05) is 18.4 Å². The molecule has 0 spiro atoms. The second kappa shape index (κ2) is 9.48. The lowest BCUT2D eigenvalue weighted by molar-refractivity contribution is 0.313. The zero-order valence-corrected chi connectivity index (χ0v) is 20.7. The molecule has 1 aliphatic rings. The van der Waals surface area contributed by atoms with Gasteiger partial charge in [-0.15, -0.1) is 0 Å². The van der Waals surface area contributed by atoms with Crippen molar-refractivity contribution in [1.82, 2.24) is 23.9 Å². The fraction of sp³-hybridized carbons (Fsp3) is 0.261. The molecule has 2 radical (unpaired) electrons. The first kappa shape index (κ1) is 23.0. The van der Waals surface area contributed by atoms with E-state index in [1.165, 1.54) is 4.31 Å². The predicted octanol–water partition coefficient (Wildman–Crippen LogP) is 2.86. The minimum atomic E-state index is -3.70. The minimum absolute atomic E-state index is 0.0563. The number of piperidine rings is 1. The molecule has 1 N–H and O–H groups in total. The van der Waals surface area contributed by atoms with Gasteiger partial charge in [-0.3, -0.25) is 4.98 Å². The van der Waals surface area contributed by atoms with Crippen LogP contribution in [-0.2, 0) is 16.6 Å². The van der Waals surface area contributed by atoms with Gasteiger partial charge in [-0.2, -0.15) is 13.9 Å². The van der Waals surface area contributed by atoms with Crippen LogP contribution in [0.1, 0.15) is 30.0 Å². The minimum Gasteiger partial charge on any atom is -0.366 e. The van der Waals surface area contributed by atoms with Crippen LogP contribution in [0.25, 0.3) is 5.65 Å². The van der Waals surface area contributed by atoms with Crippen LogP contribution in [0.5, 0.6) is 0 Å². The van der Waals surface area contributed by atoms with Gasteiger partial charge in [-0.05, 0) is 46.5 Å². The van der Waals surface area contributed by atoms with Crippen molar-refractivity contribution >= 4 is 50.7 Å². The Morgan fingerprint density at radius 1 is 1.18 bits per heavy atom. The Kier molecular flexibility index (Phi) is 6.41. The van der Waals surface area contributed by atoms with Gasteiger partial charge in [0.2, 0.25) is 10.0 Å². The summed E-state index contributed by atoms with van der Waals surface area (Å²) >= 11 is 3.53. The maximum atomic E-state index is 13.3. The third-order valence-electron chi connectivity index (χ3n) is 5.98. The Morgan fingerprint density at radius 2 is 2.03 bits per heavy atom. The first-order valence-corrected chi connectivity index (χ1v) is 13.2. The molecule has 1 saturated heterocycles. The molecule has 1 fully saturated rings. The molecule has 5 rings (SSSR count). The summed E-state index contributed by atoms with van der Waals surface area (Å²) in [7, 11) is 2.28. The summed E-state index contributed by atoms with van der Waals surface area (Å²) in [5.41, 5.74) is 2.80. The molecule has 1 atom stereocenters. The number of hydrogen-bond donors (Lipinski definition) is 1. The first-order valence-electron chi connectivity index (χ1n) is 10.9. The van der Waals surface area contributed by atoms with Gasteiger partial charge in [0.05, 0.1) is 21.3 Å². The van der Waals surface area contributed by atoms with Gasteiger partial charge in [-0.25, -0.2) is 13.4 Å². The van der Waals surface area contributed by atoms with Crippen LogP contribution in [0.2, 0.25) is 0 Å². The Balaban J connectivity index is 1.45. The lowest BCUT2D eigenvalue weighted by Gasteiger charge is -2.32. The largest absolute Gasteiger partial charge is 0.366 e. The fourth-order valence-corrected chi connectivity index (χ4v) is 6.23. The average molecular weight is 537 g/mol. The molecule has 1 aromatic carbocycles. The number of fused-ring (bicyclic) bond motifs is 1. The van der Waals surface area contributed by atoms with Crippen LogP contribution >= 0.6 is 15.9 Å². The van der Waals surface area contributed by atoms with Crippen LogP contribution in [0.15, 0.2) is 70.4 Å². The van der Waals surface area contributed by atoms with E-state index in [0.29, 0.717) is 25.3 Å². The molecule has 11 heteroatoms.